The summed E-state index contributed by atoms with van der Waals surface area (Å²) in [6.07, 6.45) is 1.55. The first-order valence-electron chi connectivity index (χ1n) is 8.91. The van der Waals surface area contributed by atoms with Crippen molar-refractivity contribution in [2.24, 2.45) is 0 Å². The molecule has 1 aromatic carbocycles. The van der Waals surface area contributed by atoms with Crippen molar-refractivity contribution >= 4 is 23.4 Å². The topological polar surface area (TPSA) is 53.8 Å². The molecular weight excluding hydrogens is 383 g/mol. The van der Waals surface area contributed by atoms with Crippen LogP contribution in [0.2, 0.25) is 0 Å². The number of carbonyl (C=O) groups is 2. The molecule has 1 unspecified atom stereocenters. The number of alkyl halides is 1. The minimum absolute atomic E-state index is 0.136. The second-order valence-electron chi connectivity index (χ2n) is 6.51. The number of furan rings is 1. The zero-order chi connectivity index (χ0) is 20.7. The van der Waals surface area contributed by atoms with Crippen LogP contribution in [0.1, 0.15) is 24.0 Å². The van der Waals surface area contributed by atoms with Crippen LogP contribution in [-0.2, 0) is 22.7 Å². The Balaban J connectivity index is 2.20. The minimum Gasteiger partial charge on any atom is -0.464 e. The Kier molecular flexibility index (Phi) is 7.81. The van der Waals surface area contributed by atoms with E-state index in [9.17, 15) is 14.0 Å². The Morgan fingerprint density at radius 3 is 2.39 bits per heavy atom. The molecule has 28 heavy (non-hydrogen) atoms. The van der Waals surface area contributed by atoms with Crippen molar-refractivity contribution in [2.75, 3.05) is 13.1 Å². The Hall–Kier alpha value is -2.60. The van der Waals surface area contributed by atoms with Gasteiger partial charge in [0.25, 0.3) is 0 Å². The van der Waals surface area contributed by atoms with Gasteiger partial charge in [0.15, 0.2) is 0 Å². The molecular formula is C21H24ClFN2O3. The highest BCUT2D eigenvalue weighted by Crippen LogP contribution is 2.15. The van der Waals surface area contributed by atoms with E-state index in [0.29, 0.717) is 5.76 Å². The summed E-state index contributed by atoms with van der Waals surface area (Å²) in [5, 5.41) is -0.744. The van der Waals surface area contributed by atoms with E-state index in [4.69, 9.17) is 16.0 Å². The lowest BCUT2D eigenvalue weighted by molar-refractivity contribution is -0.140. The van der Waals surface area contributed by atoms with Gasteiger partial charge in [-0.1, -0.05) is 18.2 Å². The minimum atomic E-state index is -0.744. The number of benzene rings is 1. The van der Waals surface area contributed by atoms with E-state index in [1.165, 1.54) is 17.0 Å². The third kappa shape index (κ3) is 6.23. The summed E-state index contributed by atoms with van der Waals surface area (Å²) in [6, 6.07) is 9.55. The molecule has 0 saturated carbocycles. The van der Waals surface area contributed by atoms with E-state index < -0.39 is 5.38 Å². The van der Waals surface area contributed by atoms with Gasteiger partial charge in [0, 0.05) is 13.1 Å². The standard InChI is InChI=1S/C21H24ClFN2O3/c1-4-11-24(21(27)16(3)22)14-20(26)25(13-19-10-5-15(2)28-19)12-17-6-8-18(23)9-7-17/h4-10,16H,1,11-14H2,2-3H3. The first kappa shape index (κ1) is 21.7. The average molecular weight is 407 g/mol. The summed E-state index contributed by atoms with van der Waals surface area (Å²) in [4.78, 5) is 28.2. The molecule has 1 aromatic heterocycles. The van der Waals surface area contributed by atoms with Crippen LogP contribution in [0.5, 0.6) is 0 Å². The molecule has 0 radical (unpaired) electrons. The first-order chi connectivity index (χ1) is 13.3. The SMILES string of the molecule is C=CCN(CC(=O)N(Cc1ccc(F)cc1)Cc1ccc(C)o1)C(=O)C(C)Cl. The fourth-order valence-corrected chi connectivity index (χ4v) is 2.84. The number of hydrogen-bond donors (Lipinski definition) is 0. The smallest absolute Gasteiger partial charge is 0.242 e. The maximum atomic E-state index is 13.2. The summed E-state index contributed by atoms with van der Waals surface area (Å²) < 4.78 is 18.8. The first-order valence-corrected chi connectivity index (χ1v) is 9.35. The van der Waals surface area contributed by atoms with Crippen molar-refractivity contribution in [3.8, 4) is 0 Å². The molecule has 0 aliphatic heterocycles. The van der Waals surface area contributed by atoms with Crippen LogP contribution in [0, 0.1) is 12.7 Å². The summed E-state index contributed by atoms with van der Waals surface area (Å²) in [5.41, 5.74) is 0.769. The number of hydrogen-bond acceptors (Lipinski definition) is 3. The number of aryl methyl sites for hydroxylation is 1. The van der Waals surface area contributed by atoms with Crippen LogP contribution >= 0.6 is 11.6 Å². The summed E-state index contributed by atoms with van der Waals surface area (Å²) in [7, 11) is 0. The van der Waals surface area contributed by atoms with Crippen molar-refractivity contribution in [2.45, 2.75) is 32.3 Å². The van der Waals surface area contributed by atoms with Gasteiger partial charge in [-0.2, -0.15) is 0 Å². The number of halogens is 2. The third-order valence-corrected chi connectivity index (χ3v) is 4.30. The van der Waals surface area contributed by atoms with E-state index in [-0.39, 0.29) is 43.8 Å². The lowest BCUT2D eigenvalue weighted by atomic mass is 10.2. The average Bonchev–Trinajstić information content (AvgIpc) is 3.06. The predicted octanol–water partition coefficient (Wildman–Crippen LogP) is 3.90. The molecule has 0 N–H and O–H groups in total. The van der Waals surface area contributed by atoms with Gasteiger partial charge in [0.1, 0.15) is 29.3 Å². The van der Waals surface area contributed by atoms with Crippen LogP contribution in [0.3, 0.4) is 0 Å². The third-order valence-electron chi connectivity index (χ3n) is 4.11. The van der Waals surface area contributed by atoms with Gasteiger partial charge in [-0.15, -0.1) is 18.2 Å². The van der Waals surface area contributed by atoms with E-state index in [1.807, 2.05) is 13.0 Å². The fraction of sp³-hybridized carbons (Fsp3) is 0.333. The van der Waals surface area contributed by atoms with Crippen molar-refractivity contribution < 1.29 is 18.4 Å². The van der Waals surface area contributed by atoms with Gasteiger partial charge >= 0.3 is 0 Å². The maximum Gasteiger partial charge on any atom is 0.242 e. The van der Waals surface area contributed by atoms with Gasteiger partial charge in [-0.05, 0) is 43.7 Å². The Morgan fingerprint density at radius 2 is 1.86 bits per heavy atom. The lowest BCUT2D eigenvalue weighted by Crippen LogP contribution is -2.44. The number of nitrogens with zero attached hydrogens (tertiary/aromatic N) is 2. The van der Waals surface area contributed by atoms with Crippen LogP contribution < -0.4 is 0 Å². The van der Waals surface area contributed by atoms with Gasteiger partial charge in [0.05, 0.1) is 6.54 Å². The van der Waals surface area contributed by atoms with Gasteiger partial charge in [-0.25, -0.2) is 4.39 Å². The van der Waals surface area contributed by atoms with E-state index >= 15 is 0 Å². The number of carbonyl (C=O) groups excluding carboxylic acids is 2. The van der Waals surface area contributed by atoms with E-state index in [1.54, 1.807) is 36.1 Å². The highest BCUT2D eigenvalue weighted by atomic mass is 35.5. The lowest BCUT2D eigenvalue weighted by Gasteiger charge is -2.27. The Bertz CT molecular complexity index is 817. The maximum absolute atomic E-state index is 13.2. The van der Waals surface area contributed by atoms with Crippen molar-refractivity contribution in [1.29, 1.82) is 0 Å². The quantitative estimate of drug-likeness (QED) is 0.469. The van der Waals surface area contributed by atoms with E-state index in [0.717, 1.165) is 11.3 Å². The van der Waals surface area contributed by atoms with Crippen LogP contribution in [0.25, 0.3) is 0 Å². The number of rotatable bonds is 9. The summed E-state index contributed by atoms with van der Waals surface area (Å²) in [5.74, 6) is 0.405. The summed E-state index contributed by atoms with van der Waals surface area (Å²) in [6.45, 7) is 7.58. The van der Waals surface area contributed by atoms with Gasteiger partial charge < -0.3 is 14.2 Å². The van der Waals surface area contributed by atoms with Gasteiger partial charge in [0.2, 0.25) is 11.8 Å². The van der Waals surface area contributed by atoms with Crippen molar-refractivity contribution in [1.82, 2.24) is 9.80 Å². The molecule has 0 aliphatic rings. The zero-order valence-electron chi connectivity index (χ0n) is 16.0. The molecule has 150 valence electrons. The molecule has 0 aliphatic carbocycles. The zero-order valence-corrected chi connectivity index (χ0v) is 16.8. The molecule has 0 spiro atoms. The van der Waals surface area contributed by atoms with Gasteiger partial charge in [-0.3, -0.25) is 9.59 Å². The molecule has 7 heteroatoms. The molecule has 1 atom stereocenters. The Labute approximate surface area is 169 Å². The molecule has 0 bridgehead atoms. The van der Waals surface area contributed by atoms with E-state index in [2.05, 4.69) is 6.58 Å². The van der Waals surface area contributed by atoms with Crippen molar-refractivity contribution in [3.05, 3.63) is 72.0 Å². The molecule has 0 fully saturated rings. The molecule has 2 amide bonds. The molecule has 5 nitrogen and oxygen atoms in total. The monoisotopic (exact) mass is 406 g/mol. The molecule has 2 rings (SSSR count). The molecule has 0 saturated heterocycles. The second-order valence-corrected chi connectivity index (χ2v) is 7.17. The second kappa shape index (κ2) is 10.1. The largest absolute Gasteiger partial charge is 0.464 e. The predicted molar refractivity (Wildman–Crippen MR) is 106 cm³/mol. The van der Waals surface area contributed by atoms with Crippen molar-refractivity contribution in [3.63, 3.8) is 0 Å². The normalized spacial score (nSPS) is 11.7. The highest BCUT2D eigenvalue weighted by molar-refractivity contribution is 6.30. The highest BCUT2D eigenvalue weighted by Gasteiger charge is 2.24. The summed E-state index contributed by atoms with van der Waals surface area (Å²) >= 11 is 5.90. The molecule has 2 aromatic rings. The fourth-order valence-electron chi connectivity index (χ4n) is 2.70. The number of amides is 2. The van der Waals surface area contributed by atoms with Crippen LogP contribution in [0.4, 0.5) is 4.39 Å². The molecule has 1 heterocycles. The Morgan fingerprint density at radius 1 is 1.18 bits per heavy atom. The van der Waals surface area contributed by atoms with Crippen LogP contribution in [0.15, 0.2) is 53.5 Å². The van der Waals surface area contributed by atoms with Crippen LogP contribution in [-0.4, -0.2) is 40.1 Å².